The number of fused-ring (bicyclic) bond motifs is 2. The molecular weight excluding hydrogens is 450 g/mol. The van der Waals surface area contributed by atoms with Gasteiger partial charge in [-0.1, -0.05) is 11.4 Å². The summed E-state index contributed by atoms with van der Waals surface area (Å²) in [4.78, 5) is 55.9. The minimum absolute atomic E-state index is 0.0831. The average Bonchev–Trinajstić information content (AvgIpc) is 3.20. The second-order valence-corrected chi connectivity index (χ2v) is 10.0. The van der Waals surface area contributed by atoms with Crippen LogP contribution in [0, 0.1) is 5.92 Å². The van der Waals surface area contributed by atoms with Crippen molar-refractivity contribution in [3.63, 3.8) is 0 Å². The van der Waals surface area contributed by atoms with Gasteiger partial charge in [0.1, 0.15) is 11.0 Å². The van der Waals surface area contributed by atoms with Gasteiger partial charge in [0.2, 0.25) is 10.9 Å². The van der Waals surface area contributed by atoms with Crippen molar-refractivity contribution in [1.82, 2.24) is 24.5 Å². The van der Waals surface area contributed by atoms with Crippen molar-refractivity contribution in [2.24, 2.45) is 5.92 Å². The van der Waals surface area contributed by atoms with Gasteiger partial charge < -0.3 is 15.0 Å². The summed E-state index contributed by atoms with van der Waals surface area (Å²) >= 11 is 0. The van der Waals surface area contributed by atoms with Gasteiger partial charge >= 0.3 is 0 Å². The molecule has 0 saturated carbocycles. The molecule has 2 aliphatic heterocycles. The normalized spacial score (nSPS) is 18.6. The van der Waals surface area contributed by atoms with E-state index in [2.05, 4.69) is 14.9 Å². The van der Waals surface area contributed by atoms with Crippen LogP contribution in [0.15, 0.2) is 31.3 Å². The summed E-state index contributed by atoms with van der Waals surface area (Å²) < 4.78 is 1.28. The molecule has 10 heteroatoms. The Morgan fingerprint density at radius 3 is 2.11 bits per heavy atom. The van der Waals surface area contributed by atoms with Gasteiger partial charge in [-0.05, 0) is 89.3 Å². The van der Waals surface area contributed by atoms with E-state index in [0.29, 0.717) is 11.5 Å². The van der Waals surface area contributed by atoms with Gasteiger partial charge in [0.05, 0.1) is 17.3 Å². The zero-order valence-corrected chi connectivity index (χ0v) is 20.0. The summed E-state index contributed by atoms with van der Waals surface area (Å²) in [5.41, 5.74) is -3.05. The van der Waals surface area contributed by atoms with E-state index in [4.69, 9.17) is 0 Å². The Morgan fingerprint density at radius 1 is 0.800 bits per heavy atom. The number of H-pyrrole nitrogens is 1. The summed E-state index contributed by atoms with van der Waals surface area (Å²) in [6.45, 7) is 6.47. The quantitative estimate of drug-likeness (QED) is 0.481. The molecule has 0 aliphatic carbocycles. The van der Waals surface area contributed by atoms with E-state index in [-0.39, 0.29) is 17.6 Å². The summed E-state index contributed by atoms with van der Waals surface area (Å²) in [5.74, 6) is 0.735. The van der Waals surface area contributed by atoms with Crippen molar-refractivity contribution >= 4 is 21.8 Å². The fraction of sp³-hybridized carbons (Fsp3) is 0.600. The Bertz CT molecular complexity index is 1430. The molecular formula is C25H33N5O5. The minimum atomic E-state index is -0.746. The number of likely N-dealkylation sites (tertiary alicyclic amines) is 2. The number of aromatic amines is 1. The monoisotopic (exact) mass is 483 g/mol. The first-order chi connectivity index (χ1) is 16.9. The van der Waals surface area contributed by atoms with Crippen molar-refractivity contribution in [2.75, 3.05) is 39.3 Å². The number of nitrogens with zero attached hydrogens (tertiary/aromatic N) is 4. The second kappa shape index (κ2) is 9.94. The van der Waals surface area contributed by atoms with Crippen LogP contribution >= 0.6 is 0 Å². The molecule has 2 fully saturated rings. The Balaban J connectivity index is 1.24. The van der Waals surface area contributed by atoms with Gasteiger partial charge in [-0.15, -0.1) is 0 Å². The maximum Gasteiger partial charge on any atom is 0.218 e. The molecule has 35 heavy (non-hydrogen) atoms. The van der Waals surface area contributed by atoms with Gasteiger partial charge in [-0.3, -0.25) is 19.2 Å². The van der Waals surface area contributed by atoms with E-state index >= 15 is 0 Å². The molecule has 0 amide bonds. The Hall–Kier alpha value is -2.98. The summed E-state index contributed by atoms with van der Waals surface area (Å²) in [5, 5.41) is 12.0. The standard InChI is InChI=1S/C25H33N5O5/c31-18-6-7-19(32)21-20(18)24(33)22-23(25(21)34)29(30(35)26-22)16-15-28-13-8-17(9-14-28)5-4-12-27-10-2-1-3-11-27/h6-7,17,26,35H,1-5,8-16H2. The van der Waals surface area contributed by atoms with E-state index in [1.54, 1.807) is 0 Å². The van der Waals surface area contributed by atoms with Crippen LogP contribution in [0.4, 0.5) is 0 Å². The van der Waals surface area contributed by atoms with E-state index in [0.717, 1.165) is 44.0 Å². The van der Waals surface area contributed by atoms with Gasteiger partial charge in [0, 0.05) is 6.54 Å². The smallest absolute Gasteiger partial charge is 0.218 e. The van der Waals surface area contributed by atoms with Crippen LogP contribution in [0.2, 0.25) is 0 Å². The number of hydrogen-bond acceptors (Lipinski definition) is 7. The Kier molecular flexibility index (Phi) is 6.75. The molecule has 3 heterocycles. The van der Waals surface area contributed by atoms with E-state index in [1.807, 2.05) is 0 Å². The van der Waals surface area contributed by atoms with Crippen molar-refractivity contribution < 1.29 is 5.21 Å². The summed E-state index contributed by atoms with van der Waals surface area (Å²) in [6, 6.07) is 2.01. The molecule has 5 rings (SSSR count). The van der Waals surface area contributed by atoms with Crippen LogP contribution in [-0.2, 0) is 6.54 Å². The van der Waals surface area contributed by atoms with Crippen LogP contribution in [0.3, 0.4) is 0 Å². The highest BCUT2D eigenvalue weighted by atomic mass is 16.5. The summed E-state index contributed by atoms with van der Waals surface area (Å²) in [7, 11) is 0. The first kappa shape index (κ1) is 23.7. The lowest BCUT2D eigenvalue weighted by Crippen LogP contribution is -2.37. The van der Waals surface area contributed by atoms with E-state index in [1.165, 1.54) is 56.4 Å². The molecule has 2 aliphatic rings. The molecule has 0 radical (unpaired) electrons. The van der Waals surface area contributed by atoms with E-state index in [9.17, 15) is 24.4 Å². The van der Waals surface area contributed by atoms with Crippen molar-refractivity contribution in [1.29, 1.82) is 0 Å². The molecule has 2 aromatic carbocycles. The SMILES string of the molecule is O=c1ccc(=O)c2c(=O)c3c([nH]n(O)n3CCN3CCC(CCCN4CCCCC4)CC3)c(=O)c12. The zero-order valence-electron chi connectivity index (χ0n) is 20.0. The fourth-order valence-corrected chi connectivity index (χ4v) is 5.81. The van der Waals surface area contributed by atoms with Crippen LogP contribution in [-0.4, -0.2) is 69.0 Å². The van der Waals surface area contributed by atoms with Crippen molar-refractivity contribution in [3.8, 4) is 0 Å². The van der Waals surface area contributed by atoms with Gasteiger partial charge in [-0.2, -0.15) is 0 Å². The maximum atomic E-state index is 13.1. The average molecular weight is 484 g/mol. The first-order valence-electron chi connectivity index (χ1n) is 12.8. The highest BCUT2D eigenvalue weighted by Gasteiger charge is 2.23. The third kappa shape index (κ3) is 4.64. The second-order valence-electron chi connectivity index (χ2n) is 10.0. The number of nitrogens with one attached hydrogen (secondary N) is 1. The van der Waals surface area contributed by atoms with E-state index < -0.39 is 32.5 Å². The molecule has 2 N–H and O–H groups in total. The van der Waals surface area contributed by atoms with Crippen LogP contribution in [0.5, 0.6) is 0 Å². The van der Waals surface area contributed by atoms with Crippen molar-refractivity contribution in [3.05, 3.63) is 53.0 Å². The Labute approximate surface area is 201 Å². The fourth-order valence-electron chi connectivity index (χ4n) is 5.81. The third-order valence-electron chi connectivity index (χ3n) is 7.83. The molecule has 0 unspecified atom stereocenters. The van der Waals surface area contributed by atoms with Crippen molar-refractivity contribution in [2.45, 2.75) is 51.5 Å². The zero-order chi connectivity index (χ0) is 24.5. The number of piperidine rings is 2. The highest BCUT2D eigenvalue weighted by Crippen LogP contribution is 2.22. The Morgan fingerprint density at radius 2 is 1.43 bits per heavy atom. The van der Waals surface area contributed by atoms with Gasteiger partial charge in [-0.25, -0.2) is 9.78 Å². The topological polar surface area (TPSA) is 121 Å². The number of benzene rings is 2. The molecule has 0 spiro atoms. The maximum absolute atomic E-state index is 13.1. The van der Waals surface area contributed by atoms with Gasteiger partial charge in [0.15, 0.2) is 10.9 Å². The minimum Gasteiger partial charge on any atom is -0.399 e. The molecule has 2 saturated heterocycles. The number of rotatable bonds is 7. The molecule has 10 nitrogen and oxygen atoms in total. The van der Waals surface area contributed by atoms with Gasteiger partial charge in [0.25, 0.3) is 0 Å². The van der Waals surface area contributed by atoms with Crippen LogP contribution in [0.1, 0.15) is 44.9 Å². The predicted molar refractivity (Wildman–Crippen MR) is 134 cm³/mol. The molecule has 0 atom stereocenters. The molecule has 1 aromatic heterocycles. The number of aromatic nitrogens is 3. The highest BCUT2D eigenvalue weighted by molar-refractivity contribution is 5.94. The first-order valence-corrected chi connectivity index (χ1v) is 12.8. The third-order valence-corrected chi connectivity index (χ3v) is 7.83. The molecule has 3 aromatic rings. The predicted octanol–water partition coefficient (Wildman–Crippen LogP) is 1.02. The summed E-state index contributed by atoms with van der Waals surface area (Å²) in [6.07, 6.45) is 8.81. The van der Waals surface area contributed by atoms with Crippen LogP contribution in [0.25, 0.3) is 21.8 Å². The lowest BCUT2D eigenvalue weighted by atomic mass is 9.92. The lowest BCUT2D eigenvalue weighted by Gasteiger charge is -2.32. The van der Waals surface area contributed by atoms with Crippen LogP contribution < -0.4 is 21.7 Å². The molecule has 0 bridgehead atoms. The number of hydrogen-bond donors (Lipinski definition) is 2. The lowest BCUT2D eigenvalue weighted by molar-refractivity contribution is 0.0686. The largest absolute Gasteiger partial charge is 0.399 e. The molecule has 188 valence electrons.